The summed E-state index contributed by atoms with van der Waals surface area (Å²) in [5.74, 6) is -0.995. The van der Waals surface area contributed by atoms with Crippen LogP contribution in [0.4, 0.5) is 0 Å². The number of hydrogen-bond donors (Lipinski definition) is 2. The van der Waals surface area contributed by atoms with Crippen molar-refractivity contribution >= 4 is 29.2 Å². The summed E-state index contributed by atoms with van der Waals surface area (Å²) >= 11 is 11.7. The van der Waals surface area contributed by atoms with E-state index in [2.05, 4.69) is 5.32 Å². The molecule has 0 aliphatic carbocycles. The summed E-state index contributed by atoms with van der Waals surface area (Å²) in [5.41, 5.74) is 0.486. The number of halogens is 2. The molecule has 0 aliphatic rings. The Morgan fingerprint density at radius 2 is 2.24 bits per heavy atom. The zero-order valence-corrected chi connectivity index (χ0v) is 10.8. The molecular weight excluding hydrogens is 265 g/mol. The first-order chi connectivity index (χ1) is 8.06. The van der Waals surface area contributed by atoms with Crippen LogP contribution < -0.4 is 5.32 Å². The molecule has 0 bridgehead atoms. The van der Waals surface area contributed by atoms with Crippen LogP contribution in [0.1, 0.15) is 11.6 Å². The molecule has 0 amide bonds. The normalized spacial score (nSPS) is 12.4. The van der Waals surface area contributed by atoms with Gasteiger partial charge in [0.25, 0.3) is 0 Å². The molecule has 4 nitrogen and oxygen atoms in total. The highest BCUT2D eigenvalue weighted by molar-refractivity contribution is 6.35. The van der Waals surface area contributed by atoms with Gasteiger partial charge in [-0.25, -0.2) is 0 Å². The Morgan fingerprint density at radius 1 is 1.53 bits per heavy atom. The SMILES string of the molecule is COCCNC(C(=O)O)c1ccc(Cl)cc1Cl. The van der Waals surface area contributed by atoms with Crippen LogP contribution in [-0.2, 0) is 9.53 Å². The van der Waals surface area contributed by atoms with Gasteiger partial charge in [0.15, 0.2) is 0 Å². The highest BCUT2D eigenvalue weighted by Crippen LogP contribution is 2.26. The minimum atomic E-state index is -0.995. The lowest BCUT2D eigenvalue weighted by Crippen LogP contribution is -2.31. The zero-order chi connectivity index (χ0) is 12.8. The molecule has 1 aromatic rings. The quantitative estimate of drug-likeness (QED) is 0.784. The molecule has 1 unspecified atom stereocenters. The highest BCUT2D eigenvalue weighted by atomic mass is 35.5. The van der Waals surface area contributed by atoms with Crippen molar-refractivity contribution in [2.24, 2.45) is 0 Å². The smallest absolute Gasteiger partial charge is 0.325 e. The van der Waals surface area contributed by atoms with E-state index in [1.165, 1.54) is 6.07 Å². The van der Waals surface area contributed by atoms with Gasteiger partial charge in [-0.15, -0.1) is 0 Å². The third-order valence-corrected chi connectivity index (χ3v) is 2.74. The van der Waals surface area contributed by atoms with E-state index in [9.17, 15) is 4.79 Å². The van der Waals surface area contributed by atoms with Crippen LogP contribution in [0.15, 0.2) is 18.2 Å². The van der Waals surface area contributed by atoms with Gasteiger partial charge in [-0.05, 0) is 17.7 Å². The van der Waals surface area contributed by atoms with Crippen molar-refractivity contribution in [3.63, 3.8) is 0 Å². The summed E-state index contributed by atoms with van der Waals surface area (Å²) in [4.78, 5) is 11.1. The maximum absolute atomic E-state index is 11.1. The molecule has 6 heteroatoms. The first-order valence-electron chi connectivity index (χ1n) is 4.96. The lowest BCUT2D eigenvalue weighted by molar-refractivity contribution is -0.139. The van der Waals surface area contributed by atoms with Crippen molar-refractivity contribution in [1.82, 2.24) is 5.32 Å². The van der Waals surface area contributed by atoms with Crippen LogP contribution in [0.2, 0.25) is 10.0 Å². The van der Waals surface area contributed by atoms with Crippen molar-refractivity contribution in [2.75, 3.05) is 20.3 Å². The van der Waals surface area contributed by atoms with Crippen LogP contribution in [0.25, 0.3) is 0 Å². The Morgan fingerprint density at radius 3 is 2.76 bits per heavy atom. The van der Waals surface area contributed by atoms with Gasteiger partial charge in [0.1, 0.15) is 6.04 Å². The Bertz CT molecular complexity index is 398. The van der Waals surface area contributed by atoms with Crippen molar-refractivity contribution in [1.29, 1.82) is 0 Å². The van der Waals surface area contributed by atoms with E-state index in [0.717, 1.165) is 0 Å². The second kappa shape index (κ2) is 6.81. The van der Waals surface area contributed by atoms with Gasteiger partial charge < -0.3 is 9.84 Å². The maximum atomic E-state index is 11.1. The summed E-state index contributed by atoms with van der Waals surface area (Å²) in [5, 5.41) is 12.8. The van der Waals surface area contributed by atoms with E-state index in [1.807, 2.05) is 0 Å². The molecule has 0 aromatic heterocycles. The third-order valence-electron chi connectivity index (χ3n) is 2.18. The average molecular weight is 278 g/mol. The number of carboxylic acid groups (broad SMARTS) is 1. The monoisotopic (exact) mass is 277 g/mol. The molecule has 1 aromatic carbocycles. The summed E-state index contributed by atoms with van der Waals surface area (Å²) in [6.45, 7) is 0.849. The Hall–Kier alpha value is -0.810. The predicted molar refractivity (Wildman–Crippen MR) is 66.7 cm³/mol. The zero-order valence-electron chi connectivity index (χ0n) is 9.24. The van der Waals surface area contributed by atoms with Crippen LogP contribution in [0.3, 0.4) is 0 Å². The lowest BCUT2D eigenvalue weighted by atomic mass is 10.1. The second-order valence-corrected chi connectivity index (χ2v) is 4.23. The fourth-order valence-electron chi connectivity index (χ4n) is 1.37. The van der Waals surface area contributed by atoms with E-state index in [4.69, 9.17) is 33.0 Å². The topological polar surface area (TPSA) is 58.6 Å². The number of carbonyl (C=O) groups is 1. The fourth-order valence-corrected chi connectivity index (χ4v) is 1.89. The Labute approximate surface area is 109 Å². The number of rotatable bonds is 6. The Balaban J connectivity index is 2.86. The van der Waals surface area contributed by atoms with Crippen molar-refractivity contribution in [2.45, 2.75) is 6.04 Å². The highest BCUT2D eigenvalue weighted by Gasteiger charge is 2.21. The number of carboxylic acids is 1. The van der Waals surface area contributed by atoms with E-state index in [-0.39, 0.29) is 0 Å². The van der Waals surface area contributed by atoms with Crippen LogP contribution >= 0.6 is 23.2 Å². The number of aliphatic carboxylic acids is 1. The molecule has 0 heterocycles. The summed E-state index contributed by atoms with van der Waals surface area (Å²) < 4.78 is 4.85. The average Bonchev–Trinajstić information content (AvgIpc) is 2.25. The molecule has 0 aliphatic heterocycles. The predicted octanol–water partition coefficient (Wildman–Crippen LogP) is 2.36. The molecule has 2 N–H and O–H groups in total. The minimum Gasteiger partial charge on any atom is -0.480 e. The standard InChI is InChI=1S/C11H13Cl2NO3/c1-17-5-4-14-10(11(15)16)8-3-2-7(12)6-9(8)13/h2-3,6,10,14H,4-5H2,1H3,(H,15,16). The summed E-state index contributed by atoms with van der Waals surface area (Å²) in [7, 11) is 1.55. The van der Waals surface area contributed by atoms with Gasteiger partial charge in [-0.1, -0.05) is 29.3 Å². The second-order valence-electron chi connectivity index (χ2n) is 3.38. The number of methoxy groups -OCH3 is 1. The number of nitrogens with one attached hydrogen (secondary N) is 1. The summed E-state index contributed by atoms with van der Waals surface area (Å²) in [6.07, 6.45) is 0. The molecule has 0 saturated heterocycles. The van der Waals surface area contributed by atoms with E-state index < -0.39 is 12.0 Å². The van der Waals surface area contributed by atoms with Crippen LogP contribution in [0.5, 0.6) is 0 Å². The number of hydrogen-bond acceptors (Lipinski definition) is 3. The molecule has 0 radical (unpaired) electrons. The van der Waals surface area contributed by atoms with Crippen LogP contribution in [-0.4, -0.2) is 31.3 Å². The number of ether oxygens (including phenoxy) is 1. The first-order valence-corrected chi connectivity index (χ1v) is 5.72. The van der Waals surface area contributed by atoms with Gasteiger partial charge in [0.05, 0.1) is 6.61 Å². The van der Waals surface area contributed by atoms with Gasteiger partial charge >= 0.3 is 5.97 Å². The fraction of sp³-hybridized carbons (Fsp3) is 0.364. The van der Waals surface area contributed by atoms with Crippen molar-refractivity contribution in [3.05, 3.63) is 33.8 Å². The van der Waals surface area contributed by atoms with Crippen LogP contribution in [0, 0.1) is 0 Å². The number of benzene rings is 1. The van der Waals surface area contributed by atoms with Crippen molar-refractivity contribution in [3.8, 4) is 0 Å². The van der Waals surface area contributed by atoms with Gasteiger partial charge in [0, 0.05) is 23.7 Å². The molecular formula is C11H13Cl2NO3. The lowest BCUT2D eigenvalue weighted by Gasteiger charge is -2.16. The molecule has 0 spiro atoms. The molecule has 94 valence electrons. The maximum Gasteiger partial charge on any atom is 0.325 e. The van der Waals surface area contributed by atoms with E-state index >= 15 is 0 Å². The van der Waals surface area contributed by atoms with Crippen molar-refractivity contribution < 1.29 is 14.6 Å². The van der Waals surface area contributed by atoms with Gasteiger partial charge in [0.2, 0.25) is 0 Å². The molecule has 1 rings (SSSR count). The molecule has 17 heavy (non-hydrogen) atoms. The third kappa shape index (κ3) is 4.16. The molecule has 0 saturated carbocycles. The molecule has 1 atom stereocenters. The summed E-state index contributed by atoms with van der Waals surface area (Å²) in [6, 6.07) is 3.86. The van der Waals surface area contributed by atoms with Gasteiger partial charge in [-0.3, -0.25) is 10.1 Å². The molecule has 0 fully saturated rings. The van der Waals surface area contributed by atoms with Gasteiger partial charge in [-0.2, -0.15) is 0 Å². The van der Waals surface area contributed by atoms with E-state index in [0.29, 0.717) is 28.8 Å². The van der Waals surface area contributed by atoms with E-state index in [1.54, 1.807) is 19.2 Å². The minimum absolute atomic E-state index is 0.329. The largest absolute Gasteiger partial charge is 0.480 e. The first kappa shape index (κ1) is 14.3. The Kier molecular flexibility index (Phi) is 5.71.